The van der Waals surface area contributed by atoms with Crippen LogP contribution in [0.25, 0.3) is 0 Å². The quantitative estimate of drug-likeness (QED) is 0.778. The van der Waals surface area contributed by atoms with Crippen LogP contribution in [-0.4, -0.2) is 11.7 Å². The summed E-state index contributed by atoms with van der Waals surface area (Å²) in [6, 6.07) is 4.15. The molecule has 1 aromatic rings. The molecule has 0 aliphatic carbocycles. The lowest BCUT2D eigenvalue weighted by molar-refractivity contribution is 0.191. The highest BCUT2D eigenvalue weighted by atomic mass is 19.1. The van der Waals surface area contributed by atoms with Gasteiger partial charge >= 0.3 is 0 Å². The molecule has 88 valence electrons. The number of aliphatic hydroxyl groups is 1. The van der Waals surface area contributed by atoms with Gasteiger partial charge in [-0.15, -0.1) is 6.58 Å². The third-order valence-electron chi connectivity index (χ3n) is 2.21. The first kappa shape index (κ1) is 12.7. The van der Waals surface area contributed by atoms with Gasteiger partial charge in [-0.25, -0.2) is 4.39 Å². The second kappa shape index (κ2) is 5.66. The number of benzene rings is 1. The third kappa shape index (κ3) is 3.66. The fourth-order valence-electron chi connectivity index (χ4n) is 1.31. The molecular weight excluding hydrogens is 207 g/mol. The minimum absolute atomic E-state index is 0.372. The van der Waals surface area contributed by atoms with Crippen LogP contribution in [0.1, 0.15) is 31.9 Å². The molecular formula is C13H17FO2. The van der Waals surface area contributed by atoms with Crippen molar-refractivity contribution in [1.82, 2.24) is 0 Å². The van der Waals surface area contributed by atoms with Gasteiger partial charge in [-0.05, 0) is 32.0 Å². The number of hydrogen-bond donors (Lipinski definition) is 1. The summed E-state index contributed by atoms with van der Waals surface area (Å²) < 4.78 is 18.5. The largest absolute Gasteiger partial charge is 0.493 e. The monoisotopic (exact) mass is 224 g/mol. The van der Waals surface area contributed by atoms with Crippen molar-refractivity contribution in [3.05, 3.63) is 41.7 Å². The summed E-state index contributed by atoms with van der Waals surface area (Å²) in [6.45, 7) is 7.76. The van der Waals surface area contributed by atoms with Gasteiger partial charge in [0, 0.05) is 12.0 Å². The SMILES string of the molecule is C=C(C)CCOc1ccc(F)cc1[C@@H](C)O. The first-order valence-electron chi connectivity index (χ1n) is 5.25. The molecule has 1 atom stereocenters. The van der Waals surface area contributed by atoms with Gasteiger partial charge in [0.2, 0.25) is 0 Å². The van der Waals surface area contributed by atoms with Gasteiger partial charge in [0.05, 0.1) is 12.7 Å². The van der Waals surface area contributed by atoms with E-state index in [1.807, 2.05) is 6.92 Å². The molecule has 1 rings (SSSR count). The molecule has 0 aliphatic heterocycles. The highest BCUT2D eigenvalue weighted by Crippen LogP contribution is 2.26. The molecule has 2 nitrogen and oxygen atoms in total. The molecule has 1 N–H and O–H groups in total. The number of ether oxygens (including phenoxy) is 1. The van der Waals surface area contributed by atoms with Gasteiger partial charge < -0.3 is 9.84 Å². The first-order chi connectivity index (χ1) is 7.50. The molecule has 0 heterocycles. The van der Waals surface area contributed by atoms with Crippen molar-refractivity contribution in [2.75, 3.05) is 6.61 Å². The summed E-state index contributed by atoms with van der Waals surface area (Å²) in [5.41, 5.74) is 1.50. The number of hydrogen-bond acceptors (Lipinski definition) is 2. The smallest absolute Gasteiger partial charge is 0.125 e. The van der Waals surface area contributed by atoms with Crippen LogP contribution < -0.4 is 4.74 Å². The Hall–Kier alpha value is -1.35. The molecule has 0 aromatic heterocycles. The van der Waals surface area contributed by atoms with E-state index in [0.717, 1.165) is 12.0 Å². The van der Waals surface area contributed by atoms with Crippen LogP contribution in [0, 0.1) is 5.82 Å². The van der Waals surface area contributed by atoms with Gasteiger partial charge in [0.15, 0.2) is 0 Å². The summed E-state index contributed by atoms with van der Waals surface area (Å²) in [5, 5.41) is 9.47. The van der Waals surface area contributed by atoms with Gasteiger partial charge in [-0.1, -0.05) is 5.57 Å². The van der Waals surface area contributed by atoms with E-state index >= 15 is 0 Å². The normalized spacial score (nSPS) is 12.2. The van der Waals surface area contributed by atoms with Gasteiger partial charge in [0.1, 0.15) is 11.6 Å². The van der Waals surface area contributed by atoms with Crippen molar-refractivity contribution in [2.24, 2.45) is 0 Å². The van der Waals surface area contributed by atoms with Crippen molar-refractivity contribution in [3.8, 4) is 5.75 Å². The zero-order chi connectivity index (χ0) is 12.1. The Kier molecular flexibility index (Phi) is 4.50. The van der Waals surface area contributed by atoms with Crippen LogP contribution in [-0.2, 0) is 0 Å². The van der Waals surface area contributed by atoms with Crippen LogP contribution in [0.5, 0.6) is 5.75 Å². The van der Waals surface area contributed by atoms with Crippen molar-refractivity contribution in [3.63, 3.8) is 0 Å². The van der Waals surface area contributed by atoms with Crippen LogP contribution in [0.2, 0.25) is 0 Å². The fourth-order valence-corrected chi connectivity index (χ4v) is 1.31. The summed E-state index contributed by atoms with van der Waals surface area (Å²) >= 11 is 0. The Morgan fingerprint density at radius 2 is 2.25 bits per heavy atom. The van der Waals surface area contributed by atoms with E-state index in [1.165, 1.54) is 18.2 Å². The minimum atomic E-state index is -0.740. The average molecular weight is 224 g/mol. The maximum Gasteiger partial charge on any atom is 0.125 e. The maximum atomic E-state index is 13.0. The van der Waals surface area contributed by atoms with Gasteiger partial charge in [0.25, 0.3) is 0 Å². The lowest BCUT2D eigenvalue weighted by Gasteiger charge is -2.13. The Balaban J connectivity index is 2.74. The molecule has 0 saturated carbocycles. The summed E-state index contributed by atoms with van der Waals surface area (Å²) in [6.07, 6.45) is 0.00640. The van der Waals surface area contributed by atoms with Gasteiger partial charge in [-0.3, -0.25) is 0 Å². The predicted octanol–water partition coefficient (Wildman–Crippen LogP) is 3.22. The highest BCUT2D eigenvalue weighted by Gasteiger charge is 2.10. The average Bonchev–Trinajstić information content (AvgIpc) is 2.19. The summed E-state index contributed by atoms with van der Waals surface area (Å²) in [5.74, 6) is 0.154. The van der Waals surface area contributed by atoms with E-state index in [-0.39, 0.29) is 5.82 Å². The van der Waals surface area contributed by atoms with Crippen molar-refractivity contribution in [1.29, 1.82) is 0 Å². The van der Waals surface area contributed by atoms with Gasteiger partial charge in [-0.2, -0.15) is 0 Å². The standard InChI is InChI=1S/C13H17FO2/c1-9(2)6-7-16-13-5-4-11(14)8-12(13)10(3)15/h4-5,8,10,15H,1,6-7H2,2-3H3/t10-/m1/s1. The fraction of sp³-hybridized carbons (Fsp3) is 0.385. The number of aliphatic hydroxyl groups excluding tert-OH is 1. The number of halogens is 1. The first-order valence-corrected chi connectivity index (χ1v) is 5.25. The zero-order valence-corrected chi connectivity index (χ0v) is 9.66. The molecule has 16 heavy (non-hydrogen) atoms. The molecule has 0 fully saturated rings. The van der Waals surface area contributed by atoms with E-state index in [1.54, 1.807) is 6.92 Å². The molecule has 0 saturated heterocycles. The molecule has 0 bridgehead atoms. The summed E-state index contributed by atoms with van der Waals surface area (Å²) in [4.78, 5) is 0. The molecule has 3 heteroatoms. The molecule has 0 unspecified atom stereocenters. The predicted molar refractivity (Wildman–Crippen MR) is 62.0 cm³/mol. The molecule has 0 spiro atoms. The molecule has 0 radical (unpaired) electrons. The Morgan fingerprint density at radius 3 is 2.81 bits per heavy atom. The van der Waals surface area contributed by atoms with Crippen molar-refractivity contribution < 1.29 is 14.2 Å². The Labute approximate surface area is 95.4 Å². The number of rotatable bonds is 5. The van der Waals surface area contributed by atoms with E-state index in [9.17, 15) is 9.50 Å². The van der Waals surface area contributed by atoms with Crippen LogP contribution in [0.3, 0.4) is 0 Å². The molecule has 1 aromatic carbocycles. The lowest BCUT2D eigenvalue weighted by Crippen LogP contribution is -2.03. The van der Waals surface area contributed by atoms with Crippen molar-refractivity contribution in [2.45, 2.75) is 26.4 Å². The van der Waals surface area contributed by atoms with E-state index in [0.29, 0.717) is 17.9 Å². The highest BCUT2D eigenvalue weighted by molar-refractivity contribution is 5.35. The van der Waals surface area contributed by atoms with Crippen LogP contribution in [0.15, 0.2) is 30.4 Å². The maximum absolute atomic E-state index is 13.0. The second-order valence-corrected chi connectivity index (χ2v) is 3.91. The molecule has 0 aliphatic rings. The topological polar surface area (TPSA) is 29.5 Å². The zero-order valence-electron chi connectivity index (χ0n) is 9.66. The van der Waals surface area contributed by atoms with Crippen LogP contribution in [0.4, 0.5) is 4.39 Å². The van der Waals surface area contributed by atoms with Crippen molar-refractivity contribution >= 4 is 0 Å². The van der Waals surface area contributed by atoms with E-state index in [2.05, 4.69) is 6.58 Å². The minimum Gasteiger partial charge on any atom is -0.493 e. The lowest BCUT2D eigenvalue weighted by atomic mass is 10.1. The Morgan fingerprint density at radius 1 is 1.56 bits per heavy atom. The molecule has 0 amide bonds. The second-order valence-electron chi connectivity index (χ2n) is 3.91. The Bertz CT molecular complexity index is 372. The van der Waals surface area contributed by atoms with E-state index in [4.69, 9.17) is 4.74 Å². The van der Waals surface area contributed by atoms with E-state index < -0.39 is 6.10 Å². The van der Waals surface area contributed by atoms with Crippen LogP contribution >= 0.6 is 0 Å². The third-order valence-corrected chi connectivity index (χ3v) is 2.21. The summed E-state index contributed by atoms with van der Waals surface area (Å²) in [7, 11) is 0.